The van der Waals surface area contributed by atoms with Crippen LogP contribution in [0.3, 0.4) is 0 Å². The number of hydrogen-bond donors (Lipinski definition) is 2. The molecule has 4 nitrogen and oxygen atoms in total. The molecule has 2 aromatic carbocycles. The summed E-state index contributed by atoms with van der Waals surface area (Å²) in [5, 5.41) is 18.5. The lowest BCUT2D eigenvalue weighted by Crippen LogP contribution is -2.40. The molecule has 0 saturated heterocycles. The van der Waals surface area contributed by atoms with Gasteiger partial charge in [-0.1, -0.05) is 23.4 Å². The van der Waals surface area contributed by atoms with Crippen molar-refractivity contribution in [2.45, 2.75) is 12.3 Å². The molecular formula is C19H10ClF3O4. The molecule has 0 radical (unpaired) electrons. The molecule has 0 spiro atoms. The third kappa shape index (κ3) is 4.01. The first-order valence-corrected chi connectivity index (χ1v) is 7.86. The lowest BCUT2D eigenvalue weighted by atomic mass is 9.98. The number of benzene rings is 2. The van der Waals surface area contributed by atoms with Gasteiger partial charge in [0.1, 0.15) is 11.5 Å². The van der Waals surface area contributed by atoms with Crippen LogP contribution in [0.4, 0.5) is 13.2 Å². The maximum atomic E-state index is 13.2. The molecule has 138 valence electrons. The Hall–Kier alpha value is -3.11. The number of alkyl halides is 3. The molecular weight excluding hydrogens is 385 g/mol. The fourth-order valence-electron chi connectivity index (χ4n) is 2.47. The highest BCUT2D eigenvalue weighted by Crippen LogP contribution is 2.40. The number of rotatable bonds is 1. The van der Waals surface area contributed by atoms with Gasteiger partial charge in [0.05, 0.1) is 11.1 Å². The van der Waals surface area contributed by atoms with Gasteiger partial charge in [-0.2, -0.15) is 13.2 Å². The topological polar surface area (TPSA) is 66.8 Å². The van der Waals surface area contributed by atoms with Gasteiger partial charge in [0.2, 0.25) is 6.10 Å². The standard InChI is InChI=1S/C19H10ClF3O4/c20-13-7-11(4-1-10-2-5-14(24)6-3-10)16-12(8-13)9-15(18(25)26)17(27-16)19(21,22)23/h2-3,5-9,17,24H,(H,25,26). The monoisotopic (exact) mass is 394 g/mol. The Kier molecular flexibility index (Phi) is 4.77. The molecule has 2 N–H and O–H groups in total. The fourth-order valence-corrected chi connectivity index (χ4v) is 2.70. The van der Waals surface area contributed by atoms with Crippen LogP contribution in [-0.4, -0.2) is 28.5 Å². The van der Waals surface area contributed by atoms with E-state index in [0.29, 0.717) is 5.56 Å². The first-order valence-electron chi connectivity index (χ1n) is 7.48. The van der Waals surface area contributed by atoms with Crippen molar-refractivity contribution in [3.63, 3.8) is 0 Å². The smallest absolute Gasteiger partial charge is 0.430 e. The fraction of sp³-hybridized carbons (Fsp3) is 0.105. The number of ether oxygens (including phenoxy) is 1. The van der Waals surface area contributed by atoms with Gasteiger partial charge >= 0.3 is 12.1 Å². The second-order valence-electron chi connectivity index (χ2n) is 5.61. The minimum Gasteiger partial charge on any atom is -0.508 e. The molecule has 27 heavy (non-hydrogen) atoms. The van der Waals surface area contributed by atoms with Crippen molar-refractivity contribution in [1.29, 1.82) is 0 Å². The molecule has 0 bridgehead atoms. The number of hydrogen-bond acceptors (Lipinski definition) is 3. The molecule has 0 aromatic heterocycles. The number of fused-ring (bicyclic) bond motifs is 1. The molecule has 1 atom stereocenters. The van der Waals surface area contributed by atoms with Crippen molar-refractivity contribution in [2.24, 2.45) is 0 Å². The van der Waals surface area contributed by atoms with E-state index in [2.05, 4.69) is 11.8 Å². The highest BCUT2D eigenvalue weighted by atomic mass is 35.5. The zero-order valence-electron chi connectivity index (χ0n) is 13.3. The zero-order valence-corrected chi connectivity index (χ0v) is 14.1. The molecule has 1 aliphatic rings. The summed E-state index contributed by atoms with van der Waals surface area (Å²) < 4.78 is 44.7. The van der Waals surface area contributed by atoms with Gasteiger partial charge in [0.15, 0.2) is 0 Å². The predicted octanol–water partition coefficient (Wildman–Crippen LogP) is 4.24. The van der Waals surface area contributed by atoms with Crippen LogP contribution in [0.5, 0.6) is 11.5 Å². The van der Waals surface area contributed by atoms with E-state index in [1.54, 1.807) is 0 Å². The summed E-state index contributed by atoms with van der Waals surface area (Å²) in [4.78, 5) is 11.2. The van der Waals surface area contributed by atoms with Gasteiger partial charge in [-0.05, 0) is 42.5 Å². The number of aromatic hydroxyl groups is 1. The first-order chi connectivity index (χ1) is 12.6. The Balaban J connectivity index is 2.11. The average Bonchev–Trinajstić information content (AvgIpc) is 2.58. The number of halogens is 4. The third-order valence-corrected chi connectivity index (χ3v) is 3.88. The van der Waals surface area contributed by atoms with Crippen LogP contribution in [0.25, 0.3) is 6.08 Å². The van der Waals surface area contributed by atoms with E-state index >= 15 is 0 Å². The minimum atomic E-state index is -4.91. The number of carboxylic acid groups (broad SMARTS) is 1. The van der Waals surface area contributed by atoms with Gasteiger partial charge < -0.3 is 14.9 Å². The largest absolute Gasteiger partial charge is 0.508 e. The van der Waals surface area contributed by atoms with Crippen LogP contribution < -0.4 is 4.74 Å². The number of aliphatic carboxylic acids is 1. The molecule has 1 unspecified atom stereocenters. The highest BCUT2D eigenvalue weighted by molar-refractivity contribution is 6.31. The van der Waals surface area contributed by atoms with Crippen LogP contribution in [0, 0.1) is 11.8 Å². The maximum Gasteiger partial charge on any atom is 0.430 e. The van der Waals surface area contributed by atoms with Crippen LogP contribution in [0.1, 0.15) is 16.7 Å². The van der Waals surface area contributed by atoms with Crippen LogP contribution in [-0.2, 0) is 4.79 Å². The van der Waals surface area contributed by atoms with Crippen molar-refractivity contribution in [2.75, 3.05) is 0 Å². The molecule has 8 heteroatoms. The number of phenols is 1. The van der Waals surface area contributed by atoms with Crippen molar-refractivity contribution in [3.05, 3.63) is 63.7 Å². The zero-order chi connectivity index (χ0) is 19.8. The quantitative estimate of drug-likeness (QED) is 0.710. The average molecular weight is 395 g/mol. The molecule has 0 aliphatic carbocycles. The van der Waals surface area contributed by atoms with Gasteiger partial charge in [-0.3, -0.25) is 0 Å². The normalized spacial score (nSPS) is 15.7. The maximum absolute atomic E-state index is 13.2. The Bertz CT molecular complexity index is 999. The van der Waals surface area contributed by atoms with E-state index in [1.807, 2.05) is 0 Å². The number of carbonyl (C=O) groups is 1. The lowest BCUT2D eigenvalue weighted by Gasteiger charge is -2.27. The number of carboxylic acids is 1. The molecule has 2 aromatic rings. The Labute approximate surface area is 156 Å². The summed E-state index contributed by atoms with van der Waals surface area (Å²) in [5.74, 6) is 3.53. The SMILES string of the molecule is O=C(O)C1=Cc2cc(Cl)cc(C#Cc3ccc(O)cc3)c2OC1C(F)(F)F. The highest BCUT2D eigenvalue weighted by Gasteiger charge is 2.48. The molecule has 1 heterocycles. The molecule has 0 fully saturated rings. The van der Waals surface area contributed by atoms with E-state index < -0.39 is 23.8 Å². The van der Waals surface area contributed by atoms with E-state index in [1.165, 1.54) is 36.4 Å². The first kappa shape index (κ1) is 18.7. The minimum absolute atomic E-state index is 0.0448. The Morgan fingerprint density at radius 1 is 1.15 bits per heavy atom. The van der Waals surface area contributed by atoms with Crippen LogP contribution >= 0.6 is 11.6 Å². The summed E-state index contributed by atoms with van der Waals surface area (Å²) in [6, 6.07) is 8.52. The van der Waals surface area contributed by atoms with Gasteiger partial charge in [-0.25, -0.2) is 4.79 Å². The number of phenolic OH excluding ortho intramolecular Hbond substituents is 1. The van der Waals surface area contributed by atoms with Gasteiger partial charge in [0.25, 0.3) is 0 Å². The van der Waals surface area contributed by atoms with Crippen molar-refractivity contribution in [3.8, 4) is 23.3 Å². The summed E-state index contributed by atoms with van der Waals surface area (Å²) >= 11 is 5.98. The summed E-state index contributed by atoms with van der Waals surface area (Å²) in [6.45, 7) is 0. The van der Waals surface area contributed by atoms with E-state index in [9.17, 15) is 23.1 Å². The van der Waals surface area contributed by atoms with E-state index in [4.69, 9.17) is 21.4 Å². The van der Waals surface area contributed by atoms with E-state index in [0.717, 1.165) is 6.08 Å². The molecule has 0 amide bonds. The Morgan fingerprint density at radius 2 is 1.81 bits per heavy atom. The summed E-state index contributed by atoms with van der Waals surface area (Å²) in [6.07, 6.45) is -6.64. The molecule has 3 rings (SSSR count). The summed E-state index contributed by atoms with van der Waals surface area (Å²) in [7, 11) is 0. The molecule has 1 aliphatic heterocycles. The van der Waals surface area contributed by atoms with Crippen LogP contribution in [0.15, 0.2) is 42.0 Å². The van der Waals surface area contributed by atoms with Crippen molar-refractivity contribution in [1.82, 2.24) is 0 Å². The third-order valence-electron chi connectivity index (χ3n) is 3.66. The van der Waals surface area contributed by atoms with E-state index in [-0.39, 0.29) is 27.6 Å². The Morgan fingerprint density at radius 3 is 2.41 bits per heavy atom. The second-order valence-corrected chi connectivity index (χ2v) is 6.05. The van der Waals surface area contributed by atoms with Gasteiger partial charge in [-0.15, -0.1) is 0 Å². The molecule has 0 saturated carbocycles. The van der Waals surface area contributed by atoms with Crippen molar-refractivity contribution >= 4 is 23.6 Å². The predicted molar refractivity (Wildman–Crippen MR) is 91.6 cm³/mol. The lowest BCUT2D eigenvalue weighted by molar-refractivity contribution is -0.187. The van der Waals surface area contributed by atoms with Crippen molar-refractivity contribution < 1.29 is 32.9 Å². The summed E-state index contributed by atoms with van der Waals surface area (Å²) in [5.41, 5.74) is -0.253. The second kappa shape index (κ2) is 6.89. The van der Waals surface area contributed by atoms with Gasteiger partial charge in [0, 0.05) is 16.1 Å². The van der Waals surface area contributed by atoms with Crippen LogP contribution in [0.2, 0.25) is 5.02 Å².